The van der Waals surface area contributed by atoms with Crippen LogP contribution in [0.5, 0.6) is 5.75 Å². The molecule has 0 saturated heterocycles. The third kappa shape index (κ3) is 4.51. The molecule has 0 amide bonds. The first-order valence-electron chi connectivity index (χ1n) is 7.74. The Hall–Kier alpha value is -2.75. The van der Waals surface area contributed by atoms with Crippen molar-refractivity contribution in [2.75, 3.05) is 19.5 Å². The second kappa shape index (κ2) is 7.87. The summed E-state index contributed by atoms with van der Waals surface area (Å²) >= 11 is 1.22. The van der Waals surface area contributed by atoms with Crippen LogP contribution in [0, 0.1) is 0 Å². The van der Waals surface area contributed by atoms with Crippen molar-refractivity contribution < 1.29 is 27.4 Å². The van der Waals surface area contributed by atoms with Crippen LogP contribution in [0.4, 0.5) is 13.2 Å². The van der Waals surface area contributed by atoms with E-state index in [1.165, 1.54) is 29.3 Å². The van der Waals surface area contributed by atoms with E-state index in [4.69, 9.17) is 4.74 Å². The number of pyridine rings is 1. The van der Waals surface area contributed by atoms with Crippen LogP contribution in [0.3, 0.4) is 0 Å². The Morgan fingerprint density at radius 3 is 2.78 bits per heavy atom. The fraction of sp³-hybridized carbons (Fsp3) is 0.235. The van der Waals surface area contributed by atoms with Crippen LogP contribution in [-0.4, -0.2) is 40.0 Å². The van der Waals surface area contributed by atoms with Crippen LogP contribution >= 0.6 is 11.8 Å². The molecule has 0 fully saturated rings. The summed E-state index contributed by atoms with van der Waals surface area (Å²) in [6.07, 6.45) is -3.47. The molecule has 0 atom stereocenters. The summed E-state index contributed by atoms with van der Waals surface area (Å²) in [5, 5.41) is 8.09. The predicted molar refractivity (Wildman–Crippen MR) is 92.0 cm³/mol. The molecule has 6 nitrogen and oxygen atoms in total. The van der Waals surface area contributed by atoms with Crippen LogP contribution in [0.2, 0.25) is 0 Å². The van der Waals surface area contributed by atoms with Gasteiger partial charge in [0.25, 0.3) is 0 Å². The highest BCUT2D eigenvalue weighted by Crippen LogP contribution is 2.30. The molecular formula is C17H14F3N3O3S. The van der Waals surface area contributed by atoms with Gasteiger partial charge < -0.3 is 9.47 Å². The number of fused-ring (bicyclic) bond motifs is 1. The Morgan fingerprint density at radius 1 is 1.22 bits per heavy atom. The van der Waals surface area contributed by atoms with E-state index in [9.17, 15) is 18.0 Å². The zero-order valence-electron chi connectivity index (χ0n) is 14.1. The zero-order chi connectivity index (χ0) is 19.4. The van der Waals surface area contributed by atoms with Crippen molar-refractivity contribution in [2.45, 2.75) is 11.3 Å². The zero-order valence-corrected chi connectivity index (χ0v) is 14.9. The molecule has 10 heteroatoms. The highest BCUT2D eigenvalue weighted by Gasteiger charge is 2.31. The SMILES string of the molecule is COC(=O)c1cccc(OCCSc2nnc3ccc(C(F)(F)F)cn23)c1. The molecule has 2 aromatic heterocycles. The molecular weight excluding hydrogens is 383 g/mol. The van der Waals surface area contributed by atoms with Crippen molar-refractivity contribution >= 4 is 23.4 Å². The first-order chi connectivity index (χ1) is 12.9. The van der Waals surface area contributed by atoms with Crippen LogP contribution < -0.4 is 4.74 Å². The minimum atomic E-state index is -4.44. The topological polar surface area (TPSA) is 65.7 Å². The Kier molecular flexibility index (Phi) is 5.54. The van der Waals surface area contributed by atoms with Crippen molar-refractivity contribution in [1.29, 1.82) is 0 Å². The highest BCUT2D eigenvalue weighted by atomic mass is 32.2. The molecule has 27 heavy (non-hydrogen) atoms. The van der Waals surface area contributed by atoms with E-state index >= 15 is 0 Å². The summed E-state index contributed by atoms with van der Waals surface area (Å²) in [6, 6.07) is 8.76. The highest BCUT2D eigenvalue weighted by molar-refractivity contribution is 7.99. The van der Waals surface area contributed by atoms with Gasteiger partial charge in [-0.2, -0.15) is 13.2 Å². The molecule has 3 rings (SSSR count). The Bertz CT molecular complexity index is 959. The van der Waals surface area contributed by atoms with Crippen LogP contribution in [0.1, 0.15) is 15.9 Å². The Morgan fingerprint density at radius 2 is 2.04 bits per heavy atom. The van der Waals surface area contributed by atoms with Gasteiger partial charge in [-0.15, -0.1) is 10.2 Å². The van der Waals surface area contributed by atoms with E-state index in [1.807, 2.05) is 0 Å². The van der Waals surface area contributed by atoms with Gasteiger partial charge in [0.15, 0.2) is 10.8 Å². The summed E-state index contributed by atoms with van der Waals surface area (Å²) < 4.78 is 50.1. The minimum Gasteiger partial charge on any atom is -0.493 e. The molecule has 0 spiro atoms. The number of ether oxygens (including phenoxy) is 2. The molecule has 3 aromatic rings. The average Bonchev–Trinajstić information content (AvgIpc) is 3.06. The number of carbonyl (C=O) groups is 1. The standard InChI is InChI=1S/C17H14F3N3O3S/c1-25-15(24)11-3-2-4-13(9-11)26-7-8-27-16-22-21-14-6-5-12(10-23(14)16)17(18,19)20/h2-6,9-10H,7-8H2,1H3. The number of aromatic nitrogens is 3. The summed E-state index contributed by atoms with van der Waals surface area (Å²) in [5.74, 6) is 0.452. The number of halogens is 3. The van der Waals surface area contributed by atoms with Crippen LogP contribution in [0.25, 0.3) is 5.65 Å². The number of nitrogens with zero attached hydrogens (tertiary/aromatic N) is 3. The van der Waals surface area contributed by atoms with E-state index < -0.39 is 17.7 Å². The van der Waals surface area contributed by atoms with E-state index in [-0.39, 0.29) is 6.61 Å². The maximum absolute atomic E-state index is 12.8. The summed E-state index contributed by atoms with van der Waals surface area (Å²) in [6.45, 7) is 0.267. The molecule has 0 aliphatic rings. The van der Waals surface area contributed by atoms with Gasteiger partial charge in [-0.3, -0.25) is 4.40 Å². The van der Waals surface area contributed by atoms with E-state index in [1.54, 1.807) is 24.3 Å². The maximum atomic E-state index is 12.8. The first-order valence-corrected chi connectivity index (χ1v) is 8.73. The molecule has 0 saturated carbocycles. The van der Waals surface area contributed by atoms with Crippen molar-refractivity contribution in [3.05, 3.63) is 53.7 Å². The van der Waals surface area contributed by atoms with Gasteiger partial charge in [-0.05, 0) is 30.3 Å². The second-order valence-electron chi connectivity index (χ2n) is 5.34. The van der Waals surface area contributed by atoms with Gasteiger partial charge in [0.2, 0.25) is 0 Å². The lowest BCUT2D eigenvalue weighted by atomic mass is 10.2. The fourth-order valence-corrected chi connectivity index (χ4v) is 2.99. The molecule has 0 bridgehead atoms. The van der Waals surface area contributed by atoms with E-state index in [2.05, 4.69) is 14.9 Å². The molecule has 1 aromatic carbocycles. The number of benzene rings is 1. The lowest BCUT2D eigenvalue weighted by Crippen LogP contribution is -2.07. The van der Waals surface area contributed by atoms with Gasteiger partial charge >= 0.3 is 12.1 Å². The van der Waals surface area contributed by atoms with E-state index in [0.717, 1.165) is 12.3 Å². The summed E-state index contributed by atoms with van der Waals surface area (Å²) in [7, 11) is 1.29. The van der Waals surface area contributed by atoms with E-state index in [0.29, 0.717) is 27.9 Å². The number of methoxy groups -OCH3 is 1. The quantitative estimate of drug-likeness (QED) is 0.359. The number of hydrogen-bond donors (Lipinski definition) is 0. The average molecular weight is 397 g/mol. The van der Waals surface area contributed by atoms with Crippen molar-refractivity contribution in [1.82, 2.24) is 14.6 Å². The minimum absolute atomic E-state index is 0.267. The van der Waals surface area contributed by atoms with Gasteiger partial charge in [0.1, 0.15) is 5.75 Å². The Labute approximate surface area is 156 Å². The molecule has 0 radical (unpaired) electrons. The van der Waals surface area contributed by atoms with Gasteiger partial charge in [0.05, 0.1) is 24.8 Å². The van der Waals surface area contributed by atoms with Crippen molar-refractivity contribution in [3.63, 3.8) is 0 Å². The van der Waals surface area contributed by atoms with Crippen molar-refractivity contribution in [2.24, 2.45) is 0 Å². The molecule has 0 N–H and O–H groups in total. The Balaban J connectivity index is 1.62. The third-order valence-electron chi connectivity index (χ3n) is 3.54. The number of hydrogen-bond acceptors (Lipinski definition) is 6. The fourth-order valence-electron chi connectivity index (χ4n) is 2.26. The van der Waals surface area contributed by atoms with Gasteiger partial charge in [0, 0.05) is 11.9 Å². The van der Waals surface area contributed by atoms with Crippen LogP contribution in [0.15, 0.2) is 47.8 Å². The lowest BCUT2D eigenvalue weighted by Gasteiger charge is -2.08. The molecule has 0 aliphatic carbocycles. The smallest absolute Gasteiger partial charge is 0.417 e. The van der Waals surface area contributed by atoms with Crippen molar-refractivity contribution in [3.8, 4) is 5.75 Å². The summed E-state index contributed by atoms with van der Waals surface area (Å²) in [4.78, 5) is 11.5. The number of thioether (sulfide) groups is 1. The summed E-state index contributed by atoms with van der Waals surface area (Å²) in [5.41, 5.74) is -0.0736. The third-order valence-corrected chi connectivity index (χ3v) is 4.44. The number of carbonyl (C=O) groups excluding carboxylic acids is 1. The first kappa shape index (κ1) is 19.0. The van der Waals surface area contributed by atoms with Crippen LogP contribution in [-0.2, 0) is 10.9 Å². The number of alkyl halides is 3. The predicted octanol–water partition coefficient (Wildman–Crippen LogP) is 3.71. The monoisotopic (exact) mass is 397 g/mol. The van der Waals surface area contributed by atoms with Gasteiger partial charge in [-0.1, -0.05) is 17.8 Å². The second-order valence-corrected chi connectivity index (χ2v) is 6.40. The maximum Gasteiger partial charge on any atom is 0.417 e. The normalized spacial score (nSPS) is 11.6. The molecule has 0 aliphatic heterocycles. The number of esters is 1. The lowest BCUT2D eigenvalue weighted by molar-refractivity contribution is -0.137. The molecule has 142 valence electrons. The number of rotatable bonds is 6. The molecule has 0 unspecified atom stereocenters. The largest absolute Gasteiger partial charge is 0.493 e. The molecule has 2 heterocycles. The van der Waals surface area contributed by atoms with Gasteiger partial charge in [-0.25, -0.2) is 4.79 Å².